The predicted octanol–water partition coefficient (Wildman–Crippen LogP) is 4.13. The van der Waals surface area contributed by atoms with E-state index in [1.54, 1.807) is 60.9 Å². The van der Waals surface area contributed by atoms with Crippen molar-refractivity contribution in [1.29, 1.82) is 0 Å². The van der Waals surface area contributed by atoms with Gasteiger partial charge in [0.15, 0.2) is 0 Å². The molecule has 0 aliphatic heterocycles. The highest BCUT2D eigenvalue weighted by molar-refractivity contribution is 7.92. The third kappa shape index (κ3) is 5.28. The van der Waals surface area contributed by atoms with Crippen LogP contribution < -0.4 is 4.72 Å². The first-order valence-electron chi connectivity index (χ1n) is 10.1. The van der Waals surface area contributed by atoms with Crippen molar-refractivity contribution in [3.8, 4) is 23.0 Å². The fraction of sp³-hybridized carbons (Fsp3) is 0.0385. The van der Waals surface area contributed by atoms with Gasteiger partial charge in [0, 0.05) is 35.3 Å². The molecule has 34 heavy (non-hydrogen) atoms. The summed E-state index contributed by atoms with van der Waals surface area (Å²) in [6.07, 6.45) is 4.79. The number of nitrogens with one attached hydrogen (secondary N) is 1. The van der Waals surface area contributed by atoms with Crippen LogP contribution in [0.1, 0.15) is 21.6 Å². The van der Waals surface area contributed by atoms with Crippen molar-refractivity contribution in [3.05, 3.63) is 108 Å². The summed E-state index contributed by atoms with van der Waals surface area (Å²) in [7, 11) is -2.59. The molecule has 8 heteroatoms. The molecule has 0 saturated heterocycles. The fourth-order valence-electron chi connectivity index (χ4n) is 3.09. The maximum absolute atomic E-state index is 13.1. The predicted molar refractivity (Wildman–Crippen MR) is 128 cm³/mol. The average molecular weight is 470 g/mol. The molecule has 4 rings (SSSR count). The van der Waals surface area contributed by atoms with Crippen LogP contribution in [-0.4, -0.2) is 31.5 Å². The van der Waals surface area contributed by atoms with Crippen molar-refractivity contribution in [2.24, 2.45) is 0 Å². The lowest BCUT2D eigenvalue weighted by atomic mass is 10.1. The van der Waals surface area contributed by atoms with Gasteiger partial charge in [-0.15, -0.1) is 0 Å². The van der Waals surface area contributed by atoms with Crippen molar-refractivity contribution in [2.45, 2.75) is 4.90 Å². The van der Waals surface area contributed by atoms with Crippen LogP contribution in [0.4, 0.5) is 5.69 Å². The van der Waals surface area contributed by atoms with Gasteiger partial charge in [0.2, 0.25) is 0 Å². The van der Waals surface area contributed by atoms with E-state index >= 15 is 0 Å². The van der Waals surface area contributed by atoms with Crippen LogP contribution in [-0.2, 0) is 14.8 Å². The SMILES string of the molecule is COC(=O)c1ccc(C#Cc2ccccc2NS(=O)(=O)c2cccc(-c3cccnc3)c2)cn1. The molecule has 168 valence electrons. The molecule has 2 aromatic carbocycles. The molecule has 0 spiro atoms. The molecule has 0 atom stereocenters. The third-order valence-corrected chi connectivity index (χ3v) is 6.17. The number of benzene rings is 2. The van der Waals surface area contributed by atoms with Crippen molar-refractivity contribution in [2.75, 3.05) is 11.8 Å². The van der Waals surface area contributed by atoms with Gasteiger partial charge in [0.1, 0.15) is 5.69 Å². The molecular formula is C26H19N3O4S. The molecular weight excluding hydrogens is 450 g/mol. The molecule has 0 aliphatic rings. The largest absolute Gasteiger partial charge is 0.464 e. The average Bonchev–Trinajstić information content (AvgIpc) is 2.88. The Morgan fingerprint density at radius 1 is 0.912 bits per heavy atom. The van der Waals surface area contributed by atoms with Crippen LogP contribution in [0.15, 0.2) is 96.3 Å². The van der Waals surface area contributed by atoms with E-state index < -0.39 is 16.0 Å². The Labute approximate surface area is 197 Å². The van der Waals surface area contributed by atoms with Gasteiger partial charge >= 0.3 is 5.97 Å². The summed E-state index contributed by atoms with van der Waals surface area (Å²) in [5.41, 5.74) is 3.14. The molecule has 7 nitrogen and oxygen atoms in total. The molecule has 0 bridgehead atoms. The Bertz CT molecular complexity index is 1490. The number of hydrogen-bond donors (Lipinski definition) is 1. The Morgan fingerprint density at radius 3 is 2.47 bits per heavy atom. The maximum Gasteiger partial charge on any atom is 0.356 e. The van der Waals surface area contributed by atoms with Crippen LogP contribution in [0.25, 0.3) is 11.1 Å². The lowest BCUT2D eigenvalue weighted by Gasteiger charge is -2.11. The van der Waals surface area contributed by atoms with Gasteiger partial charge in [-0.2, -0.15) is 0 Å². The molecule has 0 radical (unpaired) electrons. The van der Waals surface area contributed by atoms with E-state index in [9.17, 15) is 13.2 Å². The zero-order valence-electron chi connectivity index (χ0n) is 18.1. The van der Waals surface area contributed by atoms with Gasteiger partial charge in [-0.3, -0.25) is 9.71 Å². The summed E-state index contributed by atoms with van der Waals surface area (Å²) >= 11 is 0. The normalized spacial score (nSPS) is 10.6. The summed E-state index contributed by atoms with van der Waals surface area (Å²) in [6.45, 7) is 0. The van der Waals surface area contributed by atoms with E-state index in [1.807, 2.05) is 12.1 Å². The highest BCUT2D eigenvalue weighted by Crippen LogP contribution is 2.24. The monoisotopic (exact) mass is 469 g/mol. The number of carbonyl (C=O) groups excluding carboxylic acids is 1. The Hall–Kier alpha value is -4.48. The summed E-state index contributed by atoms with van der Waals surface area (Å²) in [4.78, 5) is 19.7. The second kappa shape index (κ2) is 9.98. The van der Waals surface area contributed by atoms with E-state index in [4.69, 9.17) is 0 Å². The second-order valence-electron chi connectivity index (χ2n) is 7.09. The topological polar surface area (TPSA) is 98.2 Å². The molecule has 1 N–H and O–H groups in total. The number of anilines is 1. The first-order chi connectivity index (χ1) is 16.5. The Morgan fingerprint density at radius 2 is 1.74 bits per heavy atom. The minimum atomic E-state index is -3.87. The summed E-state index contributed by atoms with van der Waals surface area (Å²) in [5, 5.41) is 0. The third-order valence-electron chi connectivity index (χ3n) is 4.81. The molecule has 2 aromatic heterocycles. The summed E-state index contributed by atoms with van der Waals surface area (Å²) < 4.78 is 33.5. The first-order valence-corrected chi connectivity index (χ1v) is 11.6. The summed E-state index contributed by atoms with van der Waals surface area (Å²) in [5.74, 6) is 5.36. The van der Waals surface area contributed by atoms with Crippen molar-refractivity contribution >= 4 is 21.7 Å². The number of carbonyl (C=O) groups is 1. The highest BCUT2D eigenvalue weighted by Gasteiger charge is 2.16. The molecule has 4 aromatic rings. The van der Waals surface area contributed by atoms with Crippen LogP contribution in [0.2, 0.25) is 0 Å². The number of methoxy groups -OCH3 is 1. The van der Waals surface area contributed by atoms with Crippen molar-refractivity contribution in [1.82, 2.24) is 9.97 Å². The standard InChI is InChI=1S/C26H19N3O4S/c1-33-26(30)25-14-12-19(17-28-25)11-13-20-6-2-3-10-24(20)29-34(31,32)23-9-4-7-21(16-23)22-8-5-15-27-18-22/h2-10,12,14-18,29H,1H3. The van der Waals surface area contributed by atoms with E-state index in [2.05, 4.69) is 31.3 Å². The number of ether oxygens (including phenoxy) is 1. The van der Waals surface area contributed by atoms with Crippen LogP contribution >= 0.6 is 0 Å². The van der Waals surface area contributed by atoms with Gasteiger partial charge in [0.05, 0.1) is 17.7 Å². The van der Waals surface area contributed by atoms with Crippen molar-refractivity contribution < 1.29 is 17.9 Å². The Balaban J connectivity index is 1.59. The number of aromatic nitrogens is 2. The molecule has 0 saturated carbocycles. The lowest BCUT2D eigenvalue weighted by molar-refractivity contribution is 0.0594. The van der Waals surface area contributed by atoms with Crippen LogP contribution in [0, 0.1) is 11.8 Å². The van der Waals surface area contributed by atoms with Gasteiger partial charge in [-0.1, -0.05) is 42.2 Å². The number of para-hydroxylation sites is 1. The minimum absolute atomic E-state index is 0.124. The van der Waals surface area contributed by atoms with Crippen LogP contribution in [0.5, 0.6) is 0 Å². The number of pyridine rings is 2. The van der Waals surface area contributed by atoms with Gasteiger partial charge in [-0.25, -0.2) is 18.2 Å². The lowest BCUT2D eigenvalue weighted by Crippen LogP contribution is -2.13. The maximum atomic E-state index is 13.1. The van der Waals surface area contributed by atoms with Gasteiger partial charge in [-0.05, 0) is 48.0 Å². The van der Waals surface area contributed by atoms with Gasteiger partial charge < -0.3 is 4.74 Å². The molecule has 2 heterocycles. The smallest absolute Gasteiger partial charge is 0.356 e. The van der Waals surface area contributed by atoms with E-state index in [0.717, 1.165) is 11.1 Å². The minimum Gasteiger partial charge on any atom is -0.464 e. The molecule has 0 fully saturated rings. The van der Waals surface area contributed by atoms with Gasteiger partial charge in [0.25, 0.3) is 10.0 Å². The fourth-order valence-corrected chi connectivity index (χ4v) is 4.22. The van der Waals surface area contributed by atoms with E-state index in [0.29, 0.717) is 16.8 Å². The molecule has 0 amide bonds. The second-order valence-corrected chi connectivity index (χ2v) is 8.78. The quantitative estimate of drug-likeness (QED) is 0.349. The molecule has 0 aliphatic carbocycles. The Kier molecular flexibility index (Phi) is 6.67. The van der Waals surface area contributed by atoms with Crippen LogP contribution in [0.3, 0.4) is 0 Å². The number of esters is 1. The zero-order valence-corrected chi connectivity index (χ0v) is 18.9. The molecule has 0 unspecified atom stereocenters. The van der Waals surface area contributed by atoms with E-state index in [-0.39, 0.29) is 10.6 Å². The zero-order chi connectivity index (χ0) is 24.0. The number of rotatable bonds is 5. The summed E-state index contributed by atoms with van der Waals surface area (Å²) in [6, 6.07) is 20.3. The van der Waals surface area contributed by atoms with E-state index in [1.165, 1.54) is 25.4 Å². The number of nitrogens with zero attached hydrogens (tertiary/aromatic N) is 2. The van der Waals surface area contributed by atoms with Crippen molar-refractivity contribution in [3.63, 3.8) is 0 Å². The highest BCUT2D eigenvalue weighted by atomic mass is 32.2. The first kappa shape index (κ1) is 22.7. The number of sulfonamides is 1. The number of hydrogen-bond acceptors (Lipinski definition) is 6.